The van der Waals surface area contributed by atoms with Crippen LogP contribution >= 0.6 is 0 Å². The van der Waals surface area contributed by atoms with Gasteiger partial charge >= 0.3 is 0 Å². The highest BCUT2D eigenvalue weighted by Crippen LogP contribution is 2.29. The Hall–Kier alpha value is -2.82. The number of fused-ring (bicyclic) bond motifs is 1. The van der Waals surface area contributed by atoms with Gasteiger partial charge < -0.3 is 10.6 Å². The predicted molar refractivity (Wildman–Crippen MR) is 96.3 cm³/mol. The molecule has 2 N–H and O–H groups in total. The summed E-state index contributed by atoms with van der Waals surface area (Å²) in [4.78, 5) is 26.3. The Morgan fingerprint density at radius 1 is 1.21 bits per heavy atom. The highest BCUT2D eigenvalue weighted by atomic mass is 16.2. The first kappa shape index (κ1) is 16.1. The van der Waals surface area contributed by atoms with Gasteiger partial charge in [0, 0.05) is 5.69 Å². The molecule has 1 heterocycles. The van der Waals surface area contributed by atoms with E-state index in [9.17, 15) is 9.59 Å². The fourth-order valence-electron chi connectivity index (χ4n) is 2.93. The molecule has 2 aromatic carbocycles. The number of benzene rings is 2. The van der Waals surface area contributed by atoms with Crippen molar-refractivity contribution in [2.24, 2.45) is 0 Å². The zero-order valence-electron chi connectivity index (χ0n) is 13.9. The summed E-state index contributed by atoms with van der Waals surface area (Å²) in [5, 5.41) is 6.08. The van der Waals surface area contributed by atoms with Gasteiger partial charge in [0.05, 0.1) is 11.4 Å². The molecule has 0 bridgehead atoms. The van der Waals surface area contributed by atoms with E-state index in [0.717, 1.165) is 23.4 Å². The monoisotopic (exact) mass is 323 g/mol. The number of amides is 2. The van der Waals surface area contributed by atoms with Gasteiger partial charge in [-0.05, 0) is 37.1 Å². The summed E-state index contributed by atoms with van der Waals surface area (Å²) >= 11 is 0. The second-order valence-corrected chi connectivity index (χ2v) is 5.87. The lowest BCUT2D eigenvalue weighted by Gasteiger charge is -2.31. The number of anilines is 3. The van der Waals surface area contributed by atoms with E-state index in [1.54, 1.807) is 11.0 Å². The van der Waals surface area contributed by atoms with Crippen molar-refractivity contribution in [3.05, 3.63) is 54.1 Å². The molecule has 3 rings (SSSR count). The number of hydrogen-bond acceptors (Lipinski definition) is 3. The topological polar surface area (TPSA) is 61.4 Å². The largest absolute Gasteiger partial charge is 0.374 e. The van der Waals surface area contributed by atoms with Crippen LogP contribution in [0.4, 0.5) is 17.1 Å². The Bertz CT molecular complexity index is 773. The van der Waals surface area contributed by atoms with Crippen molar-refractivity contribution in [2.75, 3.05) is 22.1 Å². The Labute approximate surface area is 141 Å². The minimum atomic E-state index is -0.434. The quantitative estimate of drug-likeness (QED) is 0.909. The van der Waals surface area contributed by atoms with Crippen molar-refractivity contribution in [2.45, 2.75) is 26.3 Å². The van der Waals surface area contributed by atoms with Crippen LogP contribution in [0.25, 0.3) is 0 Å². The zero-order valence-corrected chi connectivity index (χ0v) is 13.9. The van der Waals surface area contributed by atoms with E-state index in [2.05, 4.69) is 17.6 Å². The van der Waals surface area contributed by atoms with E-state index in [0.29, 0.717) is 5.69 Å². The molecule has 0 spiro atoms. The van der Waals surface area contributed by atoms with Crippen molar-refractivity contribution in [3.63, 3.8) is 0 Å². The summed E-state index contributed by atoms with van der Waals surface area (Å²) in [6.07, 6.45) is 0.888. The number of nitrogens with zero attached hydrogens (tertiary/aromatic N) is 1. The minimum Gasteiger partial charge on any atom is -0.374 e. The van der Waals surface area contributed by atoms with Crippen LogP contribution in [0, 0.1) is 0 Å². The number of rotatable bonds is 4. The highest BCUT2D eigenvalue weighted by molar-refractivity contribution is 6.11. The van der Waals surface area contributed by atoms with Crippen molar-refractivity contribution in [1.29, 1.82) is 0 Å². The van der Waals surface area contributed by atoms with Gasteiger partial charge in [-0.3, -0.25) is 14.5 Å². The van der Waals surface area contributed by atoms with Gasteiger partial charge in [0.2, 0.25) is 11.8 Å². The summed E-state index contributed by atoms with van der Waals surface area (Å²) in [5.74, 6) is -0.300. The van der Waals surface area contributed by atoms with E-state index in [1.807, 2.05) is 49.4 Å². The van der Waals surface area contributed by atoms with Gasteiger partial charge in [0.1, 0.15) is 12.6 Å². The Morgan fingerprint density at radius 2 is 1.92 bits per heavy atom. The third-order valence-corrected chi connectivity index (χ3v) is 4.18. The second kappa shape index (κ2) is 6.74. The third kappa shape index (κ3) is 3.11. The lowest BCUT2D eigenvalue weighted by molar-refractivity contribution is -0.122. The molecule has 5 heteroatoms. The highest BCUT2D eigenvalue weighted by Gasteiger charge is 2.29. The fourth-order valence-corrected chi connectivity index (χ4v) is 2.93. The van der Waals surface area contributed by atoms with E-state index >= 15 is 0 Å². The standard InChI is InChI=1S/C19H21N3O2/c1-3-14-8-4-5-9-15(14)20-13(2)19(24)22-12-18(23)21-16-10-6-7-11-17(16)22/h4-11,13,20H,3,12H2,1-2H3,(H,21,23)/t13-/m1/s1. The van der Waals surface area contributed by atoms with Gasteiger partial charge in [-0.25, -0.2) is 0 Å². The fraction of sp³-hybridized carbons (Fsp3) is 0.263. The SMILES string of the molecule is CCc1ccccc1N[C@H](C)C(=O)N1CC(=O)Nc2ccccc21. The van der Waals surface area contributed by atoms with Crippen molar-refractivity contribution < 1.29 is 9.59 Å². The van der Waals surface area contributed by atoms with Gasteiger partial charge in [0.25, 0.3) is 0 Å². The van der Waals surface area contributed by atoms with Crippen LogP contribution in [0.15, 0.2) is 48.5 Å². The Morgan fingerprint density at radius 3 is 2.71 bits per heavy atom. The smallest absolute Gasteiger partial charge is 0.249 e. The molecule has 2 aromatic rings. The van der Waals surface area contributed by atoms with Crippen LogP contribution in [0.5, 0.6) is 0 Å². The summed E-state index contributed by atoms with van der Waals surface area (Å²) in [5.41, 5.74) is 3.52. The first-order valence-corrected chi connectivity index (χ1v) is 8.15. The maximum Gasteiger partial charge on any atom is 0.249 e. The molecular weight excluding hydrogens is 302 g/mol. The van der Waals surface area contributed by atoms with Crippen LogP contribution in [0.2, 0.25) is 0 Å². The maximum absolute atomic E-state index is 12.9. The van der Waals surface area contributed by atoms with E-state index in [4.69, 9.17) is 0 Å². The zero-order chi connectivity index (χ0) is 17.1. The van der Waals surface area contributed by atoms with Crippen LogP contribution in [-0.2, 0) is 16.0 Å². The number of carbonyl (C=O) groups is 2. The maximum atomic E-state index is 12.9. The normalized spacial score (nSPS) is 14.6. The lowest BCUT2D eigenvalue weighted by Crippen LogP contribution is -2.47. The molecular formula is C19H21N3O2. The van der Waals surface area contributed by atoms with Crippen LogP contribution < -0.4 is 15.5 Å². The second-order valence-electron chi connectivity index (χ2n) is 5.87. The molecule has 24 heavy (non-hydrogen) atoms. The van der Waals surface area contributed by atoms with Gasteiger partial charge in [0.15, 0.2) is 0 Å². The van der Waals surface area contributed by atoms with Crippen molar-refractivity contribution >= 4 is 28.9 Å². The van der Waals surface area contributed by atoms with E-state index in [1.165, 1.54) is 0 Å². The average molecular weight is 323 g/mol. The minimum absolute atomic E-state index is 0.0390. The first-order valence-electron chi connectivity index (χ1n) is 8.15. The van der Waals surface area contributed by atoms with E-state index < -0.39 is 6.04 Å². The molecule has 0 aliphatic carbocycles. The molecule has 0 saturated heterocycles. The average Bonchev–Trinajstić information content (AvgIpc) is 2.60. The molecule has 0 saturated carbocycles. The molecule has 124 valence electrons. The van der Waals surface area contributed by atoms with Crippen molar-refractivity contribution in [3.8, 4) is 0 Å². The molecule has 2 amide bonds. The predicted octanol–water partition coefficient (Wildman–Crippen LogP) is 3.03. The molecule has 0 aromatic heterocycles. The molecule has 0 unspecified atom stereocenters. The van der Waals surface area contributed by atoms with Gasteiger partial charge in [-0.15, -0.1) is 0 Å². The number of para-hydroxylation sites is 3. The first-order chi connectivity index (χ1) is 11.6. The third-order valence-electron chi connectivity index (χ3n) is 4.18. The summed E-state index contributed by atoms with van der Waals surface area (Å²) in [6.45, 7) is 3.94. The Kier molecular flexibility index (Phi) is 4.51. The number of carbonyl (C=O) groups excluding carboxylic acids is 2. The molecule has 1 atom stereocenters. The summed E-state index contributed by atoms with van der Waals surface area (Å²) in [7, 11) is 0. The van der Waals surface area contributed by atoms with Crippen LogP contribution in [-0.4, -0.2) is 24.4 Å². The number of aryl methyl sites for hydroxylation is 1. The Balaban J connectivity index is 1.82. The van der Waals surface area contributed by atoms with Crippen molar-refractivity contribution in [1.82, 2.24) is 0 Å². The molecule has 0 fully saturated rings. The molecule has 5 nitrogen and oxygen atoms in total. The van der Waals surface area contributed by atoms with Gasteiger partial charge in [-0.2, -0.15) is 0 Å². The van der Waals surface area contributed by atoms with Crippen LogP contribution in [0.1, 0.15) is 19.4 Å². The van der Waals surface area contributed by atoms with Gasteiger partial charge in [-0.1, -0.05) is 37.3 Å². The number of nitrogens with one attached hydrogen (secondary N) is 2. The molecule has 1 aliphatic heterocycles. The lowest BCUT2D eigenvalue weighted by atomic mass is 10.1. The number of hydrogen-bond donors (Lipinski definition) is 2. The molecule has 0 radical (unpaired) electrons. The van der Waals surface area contributed by atoms with E-state index in [-0.39, 0.29) is 18.4 Å². The summed E-state index contributed by atoms with van der Waals surface area (Å²) < 4.78 is 0. The van der Waals surface area contributed by atoms with Crippen LogP contribution in [0.3, 0.4) is 0 Å². The molecule has 1 aliphatic rings. The summed E-state index contributed by atoms with van der Waals surface area (Å²) in [6, 6.07) is 14.9.